The van der Waals surface area contributed by atoms with E-state index >= 15 is 0 Å². The van der Waals surface area contributed by atoms with Crippen molar-refractivity contribution in [3.05, 3.63) is 81.4 Å². The highest BCUT2D eigenvalue weighted by Crippen LogP contribution is 2.39. The molecule has 0 saturated heterocycles. The quantitative estimate of drug-likeness (QED) is 0.198. The van der Waals surface area contributed by atoms with Gasteiger partial charge < -0.3 is 22.1 Å². The number of aromatic nitrogens is 6. The molecular formula is C32H40F2N10. The zero-order chi connectivity index (χ0) is 31.7. The predicted molar refractivity (Wildman–Crippen MR) is 168 cm³/mol. The molecule has 44 heavy (non-hydrogen) atoms. The van der Waals surface area contributed by atoms with Crippen molar-refractivity contribution in [1.82, 2.24) is 29.9 Å². The average molecular weight is 603 g/mol. The third-order valence-electron chi connectivity index (χ3n) is 8.12. The van der Waals surface area contributed by atoms with Gasteiger partial charge in [0.1, 0.15) is 0 Å². The van der Waals surface area contributed by atoms with Gasteiger partial charge in [-0.25, -0.2) is 8.78 Å². The van der Waals surface area contributed by atoms with Crippen LogP contribution in [0.5, 0.6) is 0 Å². The topological polar surface area (TPSA) is 153 Å². The van der Waals surface area contributed by atoms with Gasteiger partial charge in [0, 0.05) is 0 Å². The number of hydrogen-bond donors (Lipinski definition) is 4. The molecule has 6 atom stereocenters. The molecule has 2 aromatic heterocycles. The number of nitrogen functional groups attached to an aromatic ring is 2. The Balaban J connectivity index is 0.000000175. The van der Waals surface area contributed by atoms with Gasteiger partial charge >= 0.3 is 0 Å². The van der Waals surface area contributed by atoms with Gasteiger partial charge in [0.05, 0.1) is 12.1 Å². The number of rotatable bonds is 6. The van der Waals surface area contributed by atoms with Gasteiger partial charge in [0.25, 0.3) is 0 Å². The number of nitrogens with one attached hydrogen (secondary N) is 2. The Kier molecular flexibility index (Phi) is 8.89. The Morgan fingerprint density at radius 1 is 0.659 bits per heavy atom. The van der Waals surface area contributed by atoms with E-state index in [0.717, 1.165) is 12.8 Å². The Morgan fingerprint density at radius 2 is 1.05 bits per heavy atom. The van der Waals surface area contributed by atoms with Crippen molar-refractivity contribution >= 4 is 23.8 Å². The lowest BCUT2D eigenvalue weighted by Crippen LogP contribution is -2.18. The Bertz CT molecular complexity index is 1520. The molecule has 12 heteroatoms. The van der Waals surface area contributed by atoms with E-state index in [0.29, 0.717) is 23.7 Å². The molecule has 4 aromatic rings. The standard InChI is InChI=1S/2C16H20FN5/c2*1-8-4-5-11-7-9(2)13(12(11)6-8)19-16-21-14(10(3)17)20-15(18)22-16/h2*4-6,9-10,13H,7H2,1-3H3,(H3,18,19,20,21,22)/t9-,10+,13+;9-,10-,13+/m00/s1. The van der Waals surface area contributed by atoms with Gasteiger partial charge in [0.2, 0.25) is 23.8 Å². The van der Waals surface area contributed by atoms with Crippen molar-refractivity contribution in [1.29, 1.82) is 0 Å². The summed E-state index contributed by atoms with van der Waals surface area (Å²) in [6.07, 6.45) is -0.553. The number of fused-ring (bicyclic) bond motifs is 2. The number of alkyl halides is 2. The molecule has 0 spiro atoms. The Morgan fingerprint density at radius 3 is 1.41 bits per heavy atom. The molecule has 0 aliphatic heterocycles. The highest BCUT2D eigenvalue weighted by atomic mass is 19.1. The third kappa shape index (κ3) is 6.84. The second-order valence-corrected chi connectivity index (χ2v) is 12.0. The van der Waals surface area contributed by atoms with E-state index in [1.165, 1.54) is 47.2 Å². The summed E-state index contributed by atoms with van der Waals surface area (Å²) in [5.74, 6) is 1.66. The minimum atomic E-state index is -1.28. The molecule has 2 aliphatic rings. The van der Waals surface area contributed by atoms with Gasteiger partial charge in [-0.05, 0) is 74.6 Å². The lowest BCUT2D eigenvalue weighted by atomic mass is 10.0. The average Bonchev–Trinajstić information content (AvgIpc) is 3.42. The number of halogens is 2. The smallest absolute Gasteiger partial charge is 0.228 e. The van der Waals surface area contributed by atoms with Crippen LogP contribution < -0.4 is 22.1 Å². The Labute approximate surface area is 256 Å². The van der Waals surface area contributed by atoms with E-state index in [-0.39, 0.29) is 35.6 Å². The fraction of sp³-hybridized carbons (Fsp3) is 0.438. The molecule has 0 unspecified atom stereocenters. The van der Waals surface area contributed by atoms with E-state index < -0.39 is 12.3 Å². The predicted octanol–water partition coefficient (Wildman–Crippen LogP) is 6.28. The van der Waals surface area contributed by atoms with Crippen LogP contribution in [-0.2, 0) is 12.8 Å². The van der Waals surface area contributed by atoms with E-state index in [9.17, 15) is 8.78 Å². The van der Waals surface area contributed by atoms with Gasteiger partial charge in [-0.1, -0.05) is 61.4 Å². The molecule has 2 heterocycles. The number of benzene rings is 2. The second-order valence-electron chi connectivity index (χ2n) is 12.0. The van der Waals surface area contributed by atoms with Crippen LogP contribution in [0.1, 0.15) is 97.2 Å². The molecule has 2 aliphatic carbocycles. The number of hydrogen-bond acceptors (Lipinski definition) is 10. The summed E-state index contributed by atoms with van der Waals surface area (Å²) in [4.78, 5) is 24.1. The monoisotopic (exact) mass is 602 g/mol. The first-order valence-corrected chi connectivity index (χ1v) is 14.9. The molecule has 2 aromatic carbocycles. The zero-order valence-electron chi connectivity index (χ0n) is 25.9. The first-order chi connectivity index (χ1) is 20.9. The highest BCUT2D eigenvalue weighted by molar-refractivity contribution is 5.46. The molecule has 6 rings (SSSR count). The van der Waals surface area contributed by atoms with Gasteiger partial charge in [0.15, 0.2) is 24.0 Å². The van der Waals surface area contributed by atoms with Crippen LogP contribution in [0.25, 0.3) is 0 Å². The maximum absolute atomic E-state index is 13.4. The van der Waals surface area contributed by atoms with Crippen molar-refractivity contribution in [2.45, 2.75) is 78.8 Å². The van der Waals surface area contributed by atoms with Crippen molar-refractivity contribution < 1.29 is 8.78 Å². The van der Waals surface area contributed by atoms with Crippen LogP contribution in [0.2, 0.25) is 0 Å². The number of aryl methyl sites for hydroxylation is 2. The van der Waals surface area contributed by atoms with Crippen LogP contribution in [-0.4, -0.2) is 29.9 Å². The van der Waals surface area contributed by atoms with E-state index in [4.69, 9.17) is 11.5 Å². The normalized spacial score (nSPS) is 21.5. The summed E-state index contributed by atoms with van der Waals surface area (Å²) < 4.78 is 26.9. The maximum atomic E-state index is 13.4. The molecule has 0 fully saturated rings. The number of anilines is 4. The molecule has 0 radical (unpaired) electrons. The van der Waals surface area contributed by atoms with Gasteiger partial charge in [-0.15, -0.1) is 0 Å². The highest BCUT2D eigenvalue weighted by Gasteiger charge is 2.31. The number of nitrogens with zero attached hydrogens (tertiary/aromatic N) is 6. The first-order valence-electron chi connectivity index (χ1n) is 14.9. The van der Waals surface area contributed by atoms with Crippen LogP contribution in [0.15, 0.2) is 36.4 Å². The van der Waals surface area contributed by atoms with E-state index in [1.807, 2.05) is 0 Å². The Hall–Kier alpha value is -4.48. The summed E-state index contributed by atoms with van der Waals surface area (Å²) in [7, 11) is 0. The van der Waals surface area contributed by atoms with Crippen molar-refractivity contribution in [3.63, 3.8) is 0 Å². The minimum absolute atomic E-state index is 0.0344. The number of nitrogens with two attached hydrogens (primary N) is 2. The summed E-state index contributed by atoms with van der Waals surface area (Å²) >= 11 is 0. The zero-order valence-corrected chi connectivity index (χ0v) is 25.9. The second kappa shape index (κ2) is 12.6. The summed E-state index contributed by atoms with van der Waals surface area (Å²) in [6.45, 7) is 11.3. The van der Waals surface area contributed by atoms with Crippen molar-refractivity contribution in [3.8, 4) is 0 Å². The van der Waals surface area contributed by atoms with Crippen LogP contribution in [0, 0.1) is 25.7 Å². The molecule has 10 nitrogen and oxygen atoms in total. The van der Waals surface area contributed by atoms with Crippen molar-refractivity contribution in [2.24, 2.45) is 11.8 Å². The summed E-state index contributed by atoms with van der Waals surface area (Å²) in [5, 5.41) is 6.60. The molecule has 0 amide bonds. The minimum Gasteiger partial charge on any atom is -0.368 e. The van der Waals surface area contributed by atoms with Crippen LogP contribution in [0.3, 0.4) is 0 Å². The van der Waals surface area contributed by atoms with E-state index in [1.54, 1.807) is 0 Å². The fourth-order valence-electron chi connectivity index (χ4n) is 5.94. The first kappa shape index (κ1) is 31.0. The van der Waals surface area contributed by atoms with Crippen LogP contribution in [0.4, 0.5) is 32.6 Å². The van der Waals surface area contributed by atoms with Crippen molar-refractivity contribution in [2.75, 3.05) is 22.1 Å². The van der Waals surface area contributed by atoms with Crippen LogP contribution >= 0.6 is 0 Å². The fourth-order valence-corrected chi connectivity index (χ4v) is 5.94. The lowest BCUT2D eigenvalue weighted by Gasteiger charge is -2.19. The van der Waals surface area contributed by atoms with Gasteiger partial charge in [-0.3, -0.25) is 0 Å². The molecule has 0 saturated carbocycles. The van der Waals surface area contributed by atoms with Gasteiger partial charge in [-0.2, -0.15) is 29.9 Å². The molecular weight excluding hydrogens is 562 g/mol. The molecule has 0 bridgehead atoms. The maximum Gasteiger partial charge on any atom is 0.228 e. The molecule has 232 valence electrons. The molecule has 6 N–H and O–H groups in total. The summed E-state index contributed by atoms with van der Waals surface area (Å²) in [5.41, 5.74) is 18.9. The SMILES string of the molecule is Cc1ccc2c(c1)[C@H](Nc1nc(N)nc([C@@H](C)F)n1)[C@@H](C)C2.Cc1ccc2c(c1)[C@H](Nc1nc(N)nc([C@H](C)F)n1)[C@@H](C)C2. The third-order valence-corrected chi connectivity index (χ3v) is 8.12. The lowest BCUT2D eigenvalue weighted by molar-refractivity contribution is 0.356. The summed E-state index contributed by atoms with van der Waals surface area (Å²) in [6, 6.07) is 13.1. The van der Waals surface area contributed by atoms with E-state index in [2.05, 4.69) is 105 Å². The largest absolute Gasteiger partial charge is 0.368 e.